The number of amides is 1. The molecule has 0 radical (unpaired) electrons. The van der Waals surface area contributed by atoms with Crippen LogP contribution in [0.2, 0.25) is 0 Å². The van der Waals surface area contributed by atoms with Crippen molar-refractivity contribution in [1.29, 1.82) is 0 Å². The molecule has 0 unspecified atom stereocenters. The minimum Gasteiger partial charge on any atom is -0.478 e. The van der Waals surface area contributed by atoms with E-state index >= 15 is 0 Å². The molecule has 1 saturated heterocycles. The molecule has 1 aromatic rings. The first kappa shape index (κ1) is 15.5. The number of rotatable bonds is 5. The zero-order valence-corrected chi connectivity index (χ0v) is 12.2. The number of hydrogen-bond donors (Lipinski definition) is 2. The SMILES string of the molecule is CCC1(NC(=O)Cc2ccc(C(=O)O)cc2)CCOCC1. The van der Waals surface area contributed by atoms with Gasteiger partial charge in [0.2, 0.25) is 5.91 Å². The average Bonchev–Trinajstić information content (AvgIpc) is 2.48. The van der Waals surface area contributed by atoms with Crippen molar-refractivity contribution in [3.8, 4) is 0 Å². The van der Waals surface area contributed by atoms with Crippen LogP contribution in [0.5, 0.6) is 0 Å². The van der Waals surface area contributed by atoms with Crippen molar-refractivity contribution in [2.45, 2.75) is 38.1 Å². The number of carbonyl (C=O) groups excluding carboxylic acids is 1. The van der Waals surface area contributed by atoms with Crippen LogP contribution in [-0.2, 0) is 16.0 Å². The lowest BCUT2D eigenvalue weighted by Gasteiger charge is -2.37. The molecule has 5 heteroatoms. The summed E-state index contributed by atoms with van der Waals surface area (Å²) in [4.78, 5) is 23.0. The number of carbonyl (C=O) groups is 2. The predicted molar refractivity (Wildman–Crippen MR) is 78.3 cm³/mol. The van der Waals surface area contributed by atoms with Crippen LogP contribution in [-0.4, -0.2) is 35.7 Å². The summed E-state index contributed by atoms with van der Waals surface area (Å²) in [5, 5.41) is 12.0. The maximum absolute atomic E-state index is 12.2. The Morgan fingerprint density at radius 3 is 2.38 bits per heavy atom. The van der Waals surface area contributed by atoms with Crippen LogP contribution in [0.25, 0.3) is 0 Å². The number of nitrogens with one attached hydrogen (secondary N) is 1. The summed E-state index contributed by atoms with van der Waals surface area (Å²) >= 11 is 0. The van der Waals surface area contributed by atoms with Crippen LogP contribution in [0, 0.1) is 0 Å². The topological polar surface area (TPSA) is 75.6 Å². The molecule has 0 aliphatic carbocycles. The van der Waals surface area contributed by atoms with Crippen LogP contribution in [0.1, 0.15) is 42.1 Å². The van der Waals surface area contributed by atoms with Gasteiger partial charge < -0.3 is 15.2 Å². The Morgan fingerprint density at radius 1 is 1.24 bits per heavy atom. The number of hydrogen-bond acceptors (Lipinski definition) is 3. The van der Waals surface area contributed by atoms with Crippen molar-refractivity contribution in [1.82, 2.24) is 5.32 Å². The summed E-state index contributed by atoms with van der Waals surface area (Å²) in [7, 11) is 0. The molecule has 1 amide bonds. The molecule has 5 nitrogen and oxygen atoms in total. The third-order valence-electron chi connectivity index (χ3n) is 4.10. The van der Waals surface area contributed by atoms with Crippen LogP contribution in [0.3, 0.4) is 0 Å². The van der Waals surface area contributed by atoms with Gasteiger partial charge in [-0.25, -0.2) is 4.79 Å². The number of aromatic carboxylic acids is 1. The molecule has 1 aliphatic heterocycles. The number of carboxylic acid groups (broad SMARTS) is 1. The third-order valence-corrected chi connectivity index (χ3v) is 4.10. The summed E-state index contributed by atoms with van der Waals surface area (Å²) in [6, 6.07) is 6.42. The summed E-state index contributed by atoms with van der Waals surface area (Å²) in [6.07, 6.45) is 2.84. The molecule has 0 bridgehead atoms. The third kappa shape index (κ3) is 4.04. The van der Waals surface area contributed by atoms with E-state index in [-0.39, 0.29) is 23.4 Å². The highest BCUT2D eigenvalue weighted by Crippen LogP contribution is 2.24. The van der Waals surface area contributed by atoms with Crippen LogP contribution in [0.4, 0.5) is 0 Å². The Balaban J connectivity index is 1.95. The number of benzene rings is 1. The lowest BCUT2D eigenvalue weighted by Crippen LogP contribution is -2.51. The quantitative estimate of drug-likeness (QED) is 0.870. The first-order valence-corrected chi connectivity index (χ1v) is 7.26. The van der Waals surface area contributed by atoms with E-state index < -0.39 is 5.97 Å². The second kappa shape index (κ2) is 6.72. The first-order chi connectivity index (χ1) is 10.0. The highest BCUT2D eigenvalue weighted by atomic mass is 16.5. The van der Waals surface area contributed by atoms with Crippen molar-refractivity contribution in [3.05, 3.63) is 35.4 Å². The van der Waals surface area contributed by atoms with E-state index in [4.69, 9.17) is 9.84 Å². The van der Waals surface area contributed by atoms with Gasteiger partial charge in [-0.1, -0.05) is 19.1 Å². The smallest absolute Gasteiger partial charge is 0.335 e. The van der Waals surface area contributed by atoms with Gasteiger partial charge in [0.1, 0.15) is 0 Å². The Bertz CT molecular complexity index is 504. The highest BCUT2D eigenvalue weighted by molar-refractivity contribution is 5.87. The van der Waals surface area contributed by atoms with E-state index in [1.807, 2.05) is 0 Å². The lowest BCUT2D eigenvalue weighted by molar-refractivity contribution is -0.123. The number of ether oxygens (including phenoxy) is 1. The van der Waals surface area contributed by atoms with Gasteiger partial charge in [-0.2, -0.15) is 0 Å². The zero-order valence-electron chi connectivity index (χ0n) is 12.2. The van der Waals surface area contributed by atoms with Crippen molar-refractivity contribution in [2.24, 2.45) is 0 Å². The molecule has 1 aromatic carbocycles. The van der Waals surface area contributed by atoms with Crippen LogP contribution < -0.4 is 5.32 Å². The van der Waals surface area contributed by atoms with E-state index in [1.165, 1.54) is 12.1 Å². The van der Waals surface area contributed by atoms with Gasteiger partial charge in [-0.15, -0.1) is 0 Å². The second-order valence-corrected chi connectivity index (χ2v) is 5.47. The fraction of sp³-hybridized carbons (Fsp3) is 0.500. The molecule has 2 rings (SSSR count). The standard InChI is InChI=1S/C16H21NO4/c1-2-16(7-9-21-10-8-16)17-14(18)11-12-3-5-13(6-4-12)15(19)20/h3-6H,2,7-11H2,1H3,(H,17,18)(H,19,20). The number of carboxylic acids is 1. The van der Waals surface area contributed by atoms with Gasteiger partial charge >= 0.3 is 5.97 Å². The van der Waals surface area contributed by atoms with E-state index in [9.17, 15) is 9.59 Å². The Hall–Kier alpha value is -1.88. The lowest BCUT2D eigenvalue weighted by atomic mass is 9.87. The maximum Gasteiger partial charge on any atom is 0.335 e. The molecule has 0 aromatic heterocycles. The van der Waals surface area contributed by atoms with Gasteiger partial charge in [0.05, 0.1) is 12.0 Å². The van der Waals surface area contributed by atoms with E-state index in [0.717, 1.165) is 24.8 Å². The Morgan fingerprint density at radius 2 is 1.86 bits per heavy atom. The molecular weight excluding hydrogens is 270 g/mol. The molecule has 2 N–H and O–H groups in total. The minimum atomic E-state index is -0.960. The second-order valence-electron chi connectivity index (χ2n) is 5.47. The van der Waals surface area contributed by atoms with Gasteiger partial charge in [-0.05, 0) is 37.0 Å². The van der Waals surface area contributed by atoms with Crippen LogP contribution >= 0.6 is 0 Å². The zero-order chi connectivity index (χ0) is 15.3. The van der Waals surface area contributed by atoms with E-state index in [0.29, 0.717) is 13.2 Å². The van der Waals surface area contributed by atoms with Crippen molar-refractivity contribution >= 4 is 11.9 Å². The first-order valence-electron chi connectivity index (χ1n) is 7.26. The predicted octanol–water partition coefficient (Wildman–Crippen LogP) is 2.00. The minimum absolute atomic E-state index is 0.0261. The molecule has 0 atom stereocenters. The van der Waals surface area contributed by atoms with Crippen LogP contribution in [0.15, 0.2) is 24.3 Å². The normalized spacial score (nSPS) is 17.2. The average molecular weight is 291 g/mol. The van der Waals surface area contributed by atoms with Crippen molar-refractivity contribution in [2.75, 3.05) is 13.2 Å². The maximum atomic E-state index is 12.2. The summed E-state index contributed by atoms with van der Waals surface area (Å²) in [5.41, 5.74) is 0.889. The van der Waals surface area contributed by atoms with Gasteiger partial charge in [-0.3, -0.25) is 4.79 Å². The highest BCUT2D eigenvalue weighted by Gasteiger charge is 2.32. The Kier molecular flexibility index (Phi) is 4.96. The van der Waals surface area contributed by atoms with E-state index in [1.54, 1.807) is 12.1 Å². The van der Waals surface area contributed by atoms with Gasteiger partial charge in [0, 0.05) is 18.8 Å². The van der Waals surface area contributed by atoms with Crippen molar-refractivity contribution < 1.29 is 19.4 Å². The van der Waals surface area contributed by atoms with Crippen molar-refractivity contribution in [3.63, 3.8) is 0 Å². The van der Waals surface area contributed by atoms with E-state index in [2.05, 4.69) is 12.2 Å². The molecule has 0 saturated carbocycles. The largest absolute Gasteiger partial charge is 0.478 e. The molecule has 1 heterocycles. The fourth-order valence-corrected chi connectivity index (χ4v) is 2.62. The molecular formula is C16H21NO4. The summed E-state index contributed by atoms with van der Waals surface area (Å²) in [6.45, 7) is 3.44. The summed E-state index contributed by atoms with van der Waals surface area (Å²) < 4.78 is 5.36. The summed E-state index contributed by atoms with van der Waals surface area (Å²) in [5.74, 6) is -0.986. The van der Waals surface area contributed by atoms with Gasteiger partial charge in [0.15, 0.2) is 0 Å². The molecule has 114 valence electrons. The molecule has 0 spiro atoms. The van der Waals surface area contributed by atoms with Gasteiger partial charge in [0.25, 0.3) is 0 Å². The molecule has 1 fully saturated rings. The molecule has 1 aliphatic rings. The monoisotopic (exact) mass is 291 g/mol. The molecule has 21 heavy (non-hydrogen) atoms. The Labute approximate surface area is 124 Å². The fourth-order valence-electron chi connectivity index (χ4n) is 2.62.